The molecule has 28 heavy (non-hydrogen) atoms. The van der Waals surface area contributed by atoms with Gasteiger partial charge in [-0.15, -0.1) is 0 Å². The topological polar surface area (TPSA) is 98.4 Å². The van der Waals surface area contributed by atoms with E-state index in [0.29, 0.717) is 23.7 Å². The van der Waals surface area contributed by atoms with Gasteiger partial charge in [0.05, 0.1) is 12.3 Å². The van der Waals surface area contributed by atoms with Crippen LogP contribution in [0.3, 0.4) is 0 Å². The molecule has 0 spiro atoms. The number of ether oxygens (including phenoxy) is 1. The van der Waals surface area contributed by atoms with Crippen LogP contribution in [-0.2, 0) is 7.05 Å². The molecular formula is C20H22N4O4. The van der Waals surface area contributed by atoms with Crippen molar-refractivity contribution in [2.75, 3.05) is 11.9 Å². The van der Waals surface area contributed by atoms with Gasteiger partial charge in [-0.2, -0.15) is 0 Å². The van der Waals surface area contributed by atoms with Crippen LogP contribution in [0.5, 0.6) is 5.75 Å². The van der Waals surface area contributed by atoms with E-state index < -0.39 is 11.9 Å². The molecule has 0 saturated heterocycles. The number of oxazole rings is 1. The summed E-state index contributed by atoms with van der Waals surface area (Å²) in [4.78, 5) is 29.0. The first-order chi connectivity index (χ1) is 13.5. The molecule has 0 bridgehead atoms. The minimum atomic E-state index is -0.500. The van der Waals surface area contributed by atoms with E-state index in [1.165, 1.54) is 6.26 Å². The van der Waals surface area contributed by atoms with Crippen LogP contribution in [-0.4, -0.2) is 28.0 Å². The Kier molecular flexibility index (Phi) is 5.78. The second kappa shape index (κ2) is 8.43. The second-order valence-electron chi connectivity index (χ2n) is 6.15. The number of carbonyl (C=O) groups excluding carboxylic acids is 2. The molecule has 0 aliphatic heterocycles. The van der Waals surface area contributed by atoms with Gasteiger partial charge in [0.1, 0.15) is 23.7 Å². The average molecular weight is 382 g/mol. The van der Waals surface area contributed by atoms with Gasteiger partial charge >= 0.3 is 0 Å². The summed E-state index contributed by atoms with van der Waals surface area (Å²) in [6.07, 6.45) is 3.05. The highest BCUT2D eigenvalue weighted by Crippen LogP contribution is 2.24. The largest absolute Gasteiger partial charge is 0.492 e. The van der Waals surface area contributed by atoms with E-state index >= 15 is 0 Å². The Labute approximate surface area is 162 Å². The predicted octanol–water partition coefficient (Wildman–Crippen LogP) is 3.16. The lowest BCUT2D eigenvalue weighted by Gasteiger charge is -2.11. The fourth-order valence-electron chi connectivity index (χ4n) is 2.66. The number of aryl methyl sites for hydroxylation is 1. The van der Waals surface area contributed by atoms with Crippen LogP contribution in [0.2, 0.25) is 0 Å². The molecule has 1 aromatic carbocycles. The van der Waals surface area contributed by atoms with Crippen LogP contribution in [0.15, 0.2) is 53.3 Å². The van der Waals surface area contributed by atoms with Crippen molar-refractivity contribution in [2.24, 2.45) is 7.05 Å². The third-order valence-electron chi connectivity index (χ3n) is 4.08. The van der Waals surface area contributed by atoms with E-state index in [1.807, 2.05) is 13.0 Å². The number of carbonyl (C=O) groups is 2. The number of anilines is 1. The van der Waals surface area contributed by atoms with E-state index in [1.54, 1.807) is 55.1 Å². The molecule has 3 aromatic rings. The highest BCUT2D eigenvalue weighted by atomic mass is 16.5. The maximum Gasteiger partial charge on any atom is 0.277 e. The van der Waals surface area contributed by atoms with Crippen LogP contribution in [0.4, 0.5) is 5.69 Å². The number of para-hydroxylation sites is 2. The predicted molar refractivity (Wildman–Crippen MR) is 103 cm³/mol. The Bertz CT molecular complexity index is 976. The van der Waals surface area contributed by atoms with Crippen LogP contribution in [0.1, 0.15) is 46.8 Å². The zero-order chi connectivity index (χ0) is 20.1. The standard InChI is InChI=1S/C20H22N4O4/c1-4-27-17-10-6-5-8-14(17)22-18(25)15-12-28-20(23-15)13(2)21-19(26)16-9-7-11-24(16)3/h5-13H,4H2,1-3H3,(H,21,26)(H,22,25)/t13-/m0/s1. The summed E-state index contributed by atoms with van der Waals surface area (Å²) in [7, 11) is 1.78. The van der Waals surface area contributed by atoms with Crippen LogP contribution in [0, 0.1) is 0 Å². The number of nitrogens with zero attached hydrogens (tertiary/aromatic N) is 2. The fraction of sp³-hybridized carbons (Fsp3) is 0.250. The Morgan fingerprint density at radius 1 is 1.21 bits per heavy atom. The smallest absolute Gasteiger partial charge is 0.277 e. The van der Waals surface area contributed by atoms with Gasteiger partial charge in [0.2, 0.25) is 5.89 Å². The van der Waals surface area contributed by atoms with E-state index in [2.05, 4.69) is 15.6 Å². The summed E-state index contributed by atoms with van der Waals surface area (Å²) in [5.74, 6) is 0.133. The molecule has 0 aliphatic carbocycles. The lowest BCUT2D eigenvalue weighted by atomic mass is 10.3. The summed E-state index contributed by atoms with van der Waals surface area (Å²) >= 11 is 0. The van der Waals surface area contributed by atoms with Crippen molar-refractivity contribution in [1.82, 2.24) is 14.9 Å². The third-order valence-corrected chi connectivity index (χ3v) is 4.08. The first kappa shape index (κ1) is 19.2. The van der Waals surface area contributed by atoms with Gasteiger partial charge in [0, 0.05) is 13.2 Å². The minimum absolute atomic E-state index is 0.112. The van der Waals surface area contributed by atoms with Gasteiger partial charge in [0.15, 0.2) is 5.69 Å². The van der Waals surface area contributed by atoms with Crippen molar-refractivity contribution in [2.45, 2.75) is 19.9 Å². The Morgan fingerprint density at radius 3 is 2.71 bits per heavy atom. The lowest BCUT2D eigenvalue weighted by Crippen LogP contribution is -2.28. The summed E-state index contributed by atoms with van der Waals surface area (Å²) in [6.45, 7) is 4.09. The molecular weight excluding hydrogens is 360 g/mol. The number of hydrogen-bond donors (Lipinski definition) is 2. The molecule has 8 heteroatoms. The molecule has 0 radical (unpaired) electrons. The van der Waals surface area contributed by atoms with Gasteiger partial charge in [-0.05, 0) is 38.1 Å². The van der Waals surface area contributed by atoms with Crippen molar-refractivity contribution in [3.05, 3.63) is 66.1 Å². The summed E-state index contributed by atoms with van der Waals surface area (Å²) in [6, 6.07) is 10.1. The molecule has 2 aromatic heterocycles. The number of benzene rings is 1. The maximum absolute atomic E-state index is 12.5. The summed E-state index contributed by atoms with van der Waals surface area (Å²) < 4.78 is 12.6. The number of nitrogens with one attached hydrogen (secondary N) is 2. The number of rotatable bonds is 7. The summed E-state index contributed by atoms with van der Waals surface area (Å²) in [5.41, 5.74) is 1.18. The average Bonchev–Trinajstić information content (AvgIpc) is 3.32. The van der Waals surface area contributed by atoms with E-state index in [-0.39, 0.29) is 17.5 Å². The van der Waals surface area contributed by atoms with E-state index in [4.69, 9.17) is 9.15 Å². The fourth-order valence-corrected chi connectivity index (χ4v) is 2.66. The van der Waals surface area contributed by atoms with Crippen molar-refractivity contribution in [3.63, 3.8) is 0 Å². The van der Waals surface area contributed by atoms with E-state index in [9.17, 15) is 9.59 Å². The van der Waals surface area contributed by atoms with Crippen LogP contribution in [0.25, 0.3) is 0 Å². The number of amides is 2. The monoisotopic (exact) mass is 382 g/mol. The second-order valence-corrected chi connectivity index (χ2v) is 6.15. The van der Waals surface area contributed by atoms with Crippen molar-refractivity contribution >= 4 is 17.5 Å². The highest BCUT2D eigenvalue weighted by Gasteiger charge is 2.20. The lowest BCUT2D eigenvalue weighted by molar-refractivity contribution is 0.0925. The molecule has 0 aliphatic rings. The number of hydrogen-bond acceptors (Lipinski definition) is 5. The Hall–Kier alpha value is -3.55. The molecule has 8 nitrogen and oxygen atoms in total. The molecule has 3 rings (SSSR count). The maximum atomic E-state index is 12.5. The quantitative estimate of drug-likeness (QED) is 0.654. The van der Waals surface area contributed by atoms with Crippen LogP contribution < -0.4 is 15.4 Å². The van der Waals surface area contributed by atoms with Crippen molar-refractivity contribution in [3.8, 4) is 5.75 Å². The van der Waals surface area contributed by atoms with Crippen molar-refractivity contribution < 1.29 is 18.7 Å². The van der Waals surface area contributed by atoms with Gasteiger partial charge in [-0.25, -0.2) is 4.98 Å². The summed E-state index contributed by atoms with van der Waals surface area (Å²) in [5, 5.41) is 5.56. The Balaban J connectivity index is 1.67. The molecule has 1 atom stereocenters. The molecule has 0 fully saturated rings. The zero-order valence-electron chi connectivity index (χ0n) is 15.9. The highest BCUT2D eigenvalue weighted by molar-refractivity contribution is 6.03. The normalized spacial score (nSPS) is 11.7. The molecule has 146 valence electrons. The zero-order valence-corrected chi connectivity index (χ0v) is 15.9. The van der Waals surface area contributed by atoms with Gasteiger partial charge in [-0.1, -0.05) is 12.1 Å². The first-order valence-corrected chi connectivity index (χ1v) is 8.90. The third kappa shape index (κ3) is 4.22. The van der Waals surface area contributed by atoms with Crippen molar-refractivity contribution in [1.29, 1.82) is 0 Å². The van der Waals surface area contributed by atoms with Gasteiger partial charge in [0.25, 0.3) is 11.8 Å². The minimum Gasteiger partial charge on any atom is -0.492 e. The molecule has 0 saturated carbocycles. The molecule has 2 heterocycles. The van der Waals surface area contributed by atoms with Crippen LogP contribution >= 0.6 is 0 Å². The first-order valence-electron chi connectivity index (χ1n) is 8.90. The molecule has 2 amide bonds. The van der Waals surface area contributed by atoms with E-state index in [0.717, 1.165) is 0 Å². The Morgan fingerprint density at radius 2 is 2.00 bits per heavy atom. The number of aromatic nitrogens is 2. The SMILES string of the molecule is CCOc1ccccc1NC(=O)c1coc([C@H](C)NC(=O)c2cccn2C)n1. The van der Waals surface area contributed by atoms with Gasteiger partial charge < -0.3 is 24.4 Å². The molecule has 2 N–H and O–H groups in total. The molecule has 0 unspecified atom stereocenters. The van der Waals surface area contributed by atoms with Gasteiger partial charge in [-0.3, -0.25) is 9.59 Å².